The molecule has 6 heteroatoms. The number of piperidine rings is 1. The summed E-state index contributed by atoms with van der Waals surface area (Å²) in [5.74, 6) is 1.11. The van der Waals surface area contributed by atoms with E-state index in [0.717, 1.165) is 44.7 Å². The summed E-state index contributed by atoms with van der Waals surface area (Å²) < 4.78 is 5.55. The lowest BCUT2D eigenvalue weighted by Gasteiger charge is -2.37. The highest BCUT2D eigenvalue weighted by molar-refractivity contribution is 5.82. The highest BCUT2D eigenvalue weighted by Gasteiger charge is 2.33. The van der Waals surface area contributed by atoms with Crippen LogP contribution in [-0.2, 0) is 4.74 Å². The number of carbonyl (C=O) groups excluding carboxylic acids is 1. The van der Waals surface area contributed by atoms with Crippen molar-refractivity contribution in [3.8, 4) is 0 Å². The third kappa shape index (κ3) is 7.20. The lowest BCUT2D eigenvalue weighted by molar-refractivity contribution is 0.0157. The number of ether oxygens (including phenoxy) is 1. The predicted molar refractivity (Wildman–Crippen MR) is 141 cm³/mol. The second-order valence-electron chi connectivity index (χ2n) is 11.0. The molecular formula is C28H42N4O2. The van der Waals surface area contributed by atoms with E-state index in [1.807, 2.05) is 31.9 Å². The number of nitrogens with zero attached hydrogens (tertiary/aromatic N) is 3. The Kier molecular flexibility index (Phi) is 8.24. The molecule has 1 N–H and O–H groups in total. The molecule has 0 bridgehead atoms. The van der Waals surface area contributed by atoms with E-state index < -0.39 is 5.60 Å². The Labute approximate surface area is 205 Å². The molecule has 1 aromatic carbocycles. The number of aryl methyl sites for hydroxylation is 2. The normalized spacial score (nSPS) is 18.3. The second kappa shape index (κ2) is 10.8. The molecule has 2 aliphatic rings. The van der Waals surface area contributed by atoms with Gasteiger partial charge >= 0.3 is 6.09 Å². The minimum absolute atomic E-state index is 0.198. The number of aliphatic imine (C=N–C) groups is 1. The molecule has 0 atom stereocenters. The van der Waals surface area contributed by atoms with Crippen LogP contribution in [0, 0.1) is 19.8 Å². The number of benzene rings is 1. The van der Waals surface area contributed by atoms with Crippen molar-refractivity contribution >= 4 is 18.0 Å². The van der Waals surface area contributed by atoms with Gasteiger partial charge in [-0.25, -0.2) is 9.79 Å². The Morgan fingerprint density at radius 3 is 2.32 bits per heavy atom. The number of hydrogen-bond acceptors (Lipinski definition) is 5. The van der Waals surface area contributed by atoms with Crippen LogP contribution >= 0.6 is 0 Å². The van der Waals surface area contributed by atoms with Crippen molar-refractivity contribution in [3.63, 3.8) is 0 Å². The number of nitrogens with one attached hydrogen (secondary N) is 1. The van der Waals surface area contributed by atoms with E-state index in [1.54, 1.807) is 0 Å². The van der Waals surface area contributed by atoms with E-state index in [-0.39, 0.29) is 6.09 Å². The molecular weight excluding hydrogens is 424 g/mol. The summed E-state index contributed by atoms with van der Waals surface area (Å²) in [5.41, 5.74) is 5.72. The zero-order valence-electron chi connectivity index (χ0n) is 22.1. The molecule has 186 valence electrons. The van der Waals surface area contributed by atoms with Crippen molar-refractivity contribution in [1.82, 2.24) is 9.80 Å². The zero-order chi connectivity index (χ0) is 25.0. The van der Waals surface area contributed by atoms with E-state index in [9.17, 15) is 4.79 Å². The lowest BCUT2D eigenvalue weighted by atomic mass is 10.00. The van der Waals surface area contributed by atoms with Gasteiger partial charge < -0.3 is 15.0 Å². The summed E-state index contributed by atoms with van der Waals surface area (Å²) in [4.78, 5) is 21.5. The number of rotatable bonds is 6. The Bertz CT molecular complexity index is 943. The van der Waals surface area contributed by atoms with Gasteiger partial charge in [-0.2, -0.15) is 0 Å². The molecule has 0 unspecified atom stereocenters. The quantitative estimate of drug-likeness (QED) is 0.528. The van der Waals surface area contributed by atoms with Gasteiger partial charge in [0.2, 0.25) is 0 Å². The van der Waals surface area contributed by atoms with Crippen LogP contribution in [0.1, 0.15) is 58.6 Å². The fourth-order valence-corrected chi connectivity index (χ4v) is 4.77. The van der Waals surface area contributed by atoms with E-state index in [1.165, 1.54) is 22.3 Å². The molecule has 2 heterocycles. The molecule has 0 aliphatic carbocycles. The Morgan fingerprint density at radius 2 is 1.76 bits per heavy atom. The standard InChI is InChI=1S/C28H42N4O2/c1-19(2)26-18-32(25-9-11-31(12-10-25)27(33)34-28(6,7)8)17-23(26)16-29-22(5)30-24-14-20(3)13-21(4)15-24/h13-16,19,25,30H,5,9-12,17-18H2,1-4,6-8H3/b29-16-. The minimum Gasteiger partial charge on any atom is -0.444 e. The van der Waals surface area contributed by atoms with E-state index >= 15 is 0 Å². The van der Waals surface area contributed by atoms with Crippen LogP contribution in [0.2, 0.25) is 0 Å². The van der Waals surface area contributed by atoms with Gasteiger partial charge in [-0.15, -0.1) is 0 Å². The zero-order valence-corrected chi connectivity index (χ0v) is 22.1. The van der Waals surface area contributed by atoms with Crippen molar-refractivity contribution in [3.05, 3.63) is 52.9 Å². The third-order valence-electron chi connectivity index (χ3n) is 6.38. The summed E-state index contributed by atoms with van der Waals surface area (Å²) in [6, 6.07) is 6.83. The van der Waals surface area contributed by atoms with E-state index in [4.69, 9.17) is 4.74 Å². The topological polar surface area (TPSA) is 57.2 Å². The van der Waals surface area contributed by atoms with E-state index in [0.29, 0.717) is 17.8 Å². The first kappa shape index (κ1) is 26.0. The van der Waals surface area contributed by atoms with Gasteiger partial charge in [0.1, 0.15) is 11.4 Å². The highest BCUT2D eigenvalue weighted by Crippen LogP contribution is 2.29. The van der Waals surface area contributed by atoms with Gasteiger partial charge in [0, 0.05) is 44.1 Å². The molecule has 1 amide bonds. The molecule has 0 saturated carbocycles. The Balaban J connectivity index is 1.58. The van der Waals surface area contributed by atoms with Gasteiger partial charge in [-0.3, -0.25) is 4.90 Å². The molecule has 0 aromatic heterocycles. The summed E-state index contributed by atoms with van der Waals surface area (Å²) in [6.45, 7) is 21.9. The molecule has 6 nitrogen and oxygen atoms in total. The Morgan fingerprint density at radius 1 is 1.15 bits per heavy atom. The number of likely N-dealkylation sites (tertiary alicyclic amines) is 1. The lowest BCUT2D eigenvalue weighted by Crippen LogP contribution is -2.47. The molecule has 3 rings (SSSR count). The first-order valence-corrected chi connectivity index (χ1v) is 12.4. The molecule has 2 aliphatic heterocycles. The monoisotopic (exact) mass is 466 g/mol. The van der Waals surface area contributed by atoms with Crippen LogP contribution in [0.15, 0.2) is 46.7 Å². The summed E-state index contributed by atoms with van der Waals surface area (Å²) in [7, 11) is 0. The summed E-state index contributed by atoms with van der Waals surface area (Å²) in [6.07, 6.45) is 3.73. The van der Waals surface area contributed by atoms with Crippen LogP contribution < -0.4 is 5.32 Å². The van der Waals surface area contributed by atoms with E-state index in [2.05, 4.69) is 67.7 Å². The van der Waals surface area contributed by atoms with Crippen molar-refractivity contribution in [1.29, 1.82) is 0 Å². The van der Waals surface area contributed by atoms with Crippen molar-refractivity contribution in [2.24, 2.45) is 10.9 Å². The average Bonchev–Trinajstić information content (AvgIpc) is 3.15. The van der Waals surface area contributed by atoms with Crippen LogP contribution in [0.3, 0.4) is 0 Å². The molecule has 0 spiro atoms. The SMILES string of the molecule is C=C(/N=C\C1=C(C(C)C)CN(C2CCN(C(=O)OC(C)(C)C)CC2)C1)Nc1cc(C)cc(C)c1. The van der Waals surface area contributed by atoms with Crippen molar-refractivity contribution < 1.29 is 9.53 Å². The number of anilines is 1. The predicted octanol–water partition coefficient (Wildman–Crippen LogP) is 5.93. The fourth-order valence-electron chi connectivity index (χ4n) is 4.77. The van der Waals surface area contributed by atoms with Crippen LogP contribution in [0.25, 0.3) is 0 Å². The smallest absolute Gasteiger partial charge is 0.410 e. The molecule has 0 radical (unpaired) electrons. The van der Waals surface area contributed by atoms with Crippen LogP contribution in [0.5, 0.6) is 0 Å². The molecule has 1 saturated heterocycles. The maximum atomic E-state index is 12.4. The molecule has 34 heavy (non-hydrogen) atoms. The first-order chi connectivity index (χ1) is 15.9. The van der Waals surface area contributed by atoms with Crippen LogP contribution in [0.4, 0.5) is 10.5 Å². The van der Waals surface area contributed by atoms with Gasteiger partial charge in [-0.1, -0.05) is 26.5 Å². The van der Waals surface area contributed by atoms with Crippen molar-refractivity contribution in [2.45, 2.75) is 73.0 Å². The van der Waals surface area contributed by atoms with Gasteiger partial charge in [-0.05, 0) is 87.8 Å². The highest BCUT2D eigenvalue weighted by atomic mass is 16.6. The summed E-state index contributed by atoms with van der Waals surface area (Å²) in [5, 5.41) is 3.32. The average molecular weight is 467 g/mol. The second-order valence-corrected chi connectivity index (χ2v) is 11.0. The maximum Gasteiger partial charge on any atom is 0.410 e. The largest absolute Gasteiger partial charge is 0.444 e. The van der Waals surface area contributed by atoms with Gasteiger partial charge in [0.15, 0.2) is 0 Å². The Hall–Kier alpha value is -2.60. The number of carbonyl (C=O) groups is 1. The summed E-state index contributed by atoms with van der Waals surface area (Å²) >= 11 is 0. The molecule has 1 fully saturated rings. The third-order valence-corrected chi connectivity index (χ3v) is 6.38. The van der Waals surface area contributed by atoms with Gasteiger partial charge in [0.05, 0.1) is 0 Å². The van der Waals surface area contributed by atoms with Crippen LogP contribution in [-0.4, -0.2) is 59.9 Å². The van der Waals surface area contributed by atoms with Crippen molar-refractivity contribution in [2.75, 3.05) is 31.5 Å². The minimum atomic E-state index is -0.454. The maximum absolute atomic E-state index is 12.4. The first-order valence-electron chi connectivity index (χ1n) is 12.4. The number of amides is 1. The molecule has 1 aromatic rings. The van der Waals surface area contributed by atoms with Gasteiger partial charge in [0.25, 0.3) is 0 Å². The number of hydrogen-bond donors (Lipinski definition) is 1. The fraction of sp³-hybridized carbons (Fsp3) is 0.571.